The predicted molar refractivity (Wildman–Crippen MR) is 110 cm³/mol. The average Bonchev–Trinajstić information content (AvgIpc) is 3.42. The van der Waals surface area contributed by atoms with Gasteiger partial charge >= 0.3 is 0 Å². The summed E-state index contributed by atoms with van der Waals surface area (Å²) in [6.07, 6.45) is 3.97. The molecule has 1 aromatic carbocycles. The lowest BCUT2D eigenvalue weighted by Crippen LogP contribution is -2.29. The van der Waals surface area contributed by atoms with Gasteiger partial charge in [0.2, 0.25) is 17.6 Å². The minimum Gasteiger partial charge on any atom is -0.381 e. The summed E-state index contributed by atoms with van der Waals surface area (Å²) < 4.78 is 11.0. The molecular weight excluding hydrogens is 384 g/mol. The summed E-state index contributed by atoms with van der Waals surface area (Å²) in [7, 11) is 0. The van der Waals surface area contributed by atoms with E-state index < -0.39 is 0 Å². The van der Waals surface area contributed by atoms with Crippen molar-refractivity contribution in [1.82, 2.24) is 30.6 Å². The second-order valence-electron chi connectivity index (χ2n) is 7.49. The molecular formula is C21H28N6O3. The molecule has 0 spiro atoms. The van der Waals surface area contributed by atoms with Crippen LogP contribution < -0.4 is 5.32 Å². The minimum atomic E-state index is -0.347. The molecule has 30 heavy (non-hydrogen) atoms. The Labute approximate surface area is 175 Å². The predicted octanol–water partition coefficient (Wildman–Crippen LogP) is 3.10. The molecule has 0 aliphatic heterocycles. The smallest absolute Gasteiger partial charge is 0.249 e. The van der Waals surface area contributed by atoms with E-state index >= 15 is 0 Å². The molecule has 2 N–H and O–H groups in total. The van der Waals surface area contributed by atoms with E-state index in [2.05, 4.69) is 56.6 Å². The number of hydrogen-bond acceptors (Lipinski definition) is 7. The van der Waals surface area contributed by atoms with E-state index in [1.807, 2.05) is 18.2 Å². The number of H-pyrrole nitrogens is 1. The molecule has 3 aromatic rings. The maximum Gasteiger partial charge on any atom is 0.249 e. The molecule has 0 aliphatic rings. The molecule has 160 valence electrons. The first-order chi connectivity index (χ1) is 14.6. The molecule has 0 saturated carbocycles. The van der Waals surface area contributed by atoms with Crippen LogP contribution in [-0.2, 0) is 16.0 Å². The number of aromatic nitrogens is 5. The van der Waals surface area contributed by atoms with Crippen molar-refractivity contribution in [2.75, 3.05) is 13.2 Å². The van der Waals surface area contributed by atoms with Gasteiger partial charge in [-0.05, 0) is 30.7 Å². The standard InChI is InChI=1S/C21H28N6O3/c1-15(2)13-17(21-25-20(27-30-21)19-22-14-23-26-19)24-18(28)9-6-11-29-12-10-16-7-4-3-5-8-16/h3-5,7-8,14-15,17H,6,9-13H2,1-2H3,(H,24,28)(H,22,23,26)/t17-/m1/s1. The highest BCUT2D eigenvalue weighted by Crippen LogP contribution is 2.22. The number of benzene rings is 1. The van der Waals surface area contributed by atoms with Gasteiger partial charge in [-0.1, -0.05) is 49.3 Å². The lowest BCUT2D eigenvalue weighted by atomic mass is 10.0. The van der Waals surface area contributed by atoms with Gasteiger partial charge in [0.05, 0.1) is 6.61 Å². The number of carbonyl (C=O) groups excluding carboxylic acids is 1. The van der Waals surface area contributed by atoms with E-state index in [1.165, 1.54) is 11.9 Å². The third-order valence-corrected chi connectivity index (χ3v) is 4.48. The molecule has 0 radical (unpaired) electrons. The van der Waals surface area contributed by atoms with Crippen LogP contribution >= 0.6 is 0 Å². The SMILES string of the molecule is CC(C)C[C@@H](NC(=O)CCCOCCc1ccccc1)c1nc(-c2ncn[nH]2)no1. The lowest BCUT2D eigenvalue weighted by Gasteiger charge is -2.17. The van der Waals surface area contributed by atoms with Crippen LogP contribution in [0.1, 0.15) is 50.6 Å². The highest BCUT2D eigenvalue weighted by atomic mass is 16.5. The molecule has 2 aromatic heterocycles. The zero-order chi connectivity index (χ0) is 21.2. The Hall–Kier alpha value is -3.07. The molecule has 0 unspecified atom stereocenters. The van der Waals surface area contributed by atoms with Gasteiger partial charge in [-0.3, -0.25) is 9.89 Å². The largest absolute Gasteiger partial charge is 0.381 e. The monoisotopic (exact) mass is 412 g/mol. The van der Waals surface area contributed by atoms with Crippen LogP contribution in [0, 0.1) is 5.92 Å². The molecule has 3 rings (SSSR count). The number of aromatic amines is 1. The quantitative estimate of drug-likeness (QED) is 0.439. The van der Waals surface area contributed by atoms with Crippen molar-refractivity contribution < 1.29 is 14.1 Å². The van der Waals surface area contributed by atoms with E-state index in [-0.39, 0.29) is 11.9 Å². The van der Waals surface area contributed by atoms with Crippen molar-refractivity contribution in [2.45, 2.75) is 45.6 Å². The van der Waals surface area contributed by atoms with Gasteiger partial charge in [0, 0.05) is 13.0 Å². The normalized spacial score (nSPS) is 12.2. The van der Waals surface area contributed by atoms with Crippen LogP contribution in [0.25, 0.3) is 11.6 Å². The summed E-state index contributed by atoms with van der Waals surface area (Å²) in [6, 6.07) is 9.85. The van der Waals surface area contributed by atoms with E-state index in [0.29, 0.717) is 55.9 Å². The number of rotatable bonds is 12. The highest BCUT2D eigenvalue weighted by molar-refractivity contribution is 5.76. The van der Waals surface area contributed by atoms with Gasteiger partial charge in [0.15, 0.2) is 5.82 Å². The summed E-state index contributed by atoms with van der Waals surface area (Å²) in [5.74, 6) is 1.39. The molecule has 0 saturated heterocycles. The summed E-state index contributed by atoms with van der Waals surface area (Å²) in [4.78, 5) is 20.8. The highest BCUT2D eigenvalue weighted by Gasteiger charge is 2.23. The number of ether oxygens (including phenoxy) is 1. The van der Waals surface area contributed by atoms with Crippen molar-refractivity contribution in [3.63, 3.8) is 0 Å². The maximum absolute atomic E-state index is 12.4. The van der Waals surface area contributed by atoms with Gasteiger partial charge < -0.3 is 14.6 Å². The summed E-state index contributed by atoms with van der Waals surface area (Å²) >= 11 is 0. The number of carbonyl (C=O) groups is 1. The molecule has 1 amide bonds. The van der Waals surface area contributed by atoms with Crippen molar-refractivity contribution >= 4 is 5.91 Å². The van der Waals surface area contributed by atoms with E-state index in [9.17, 15) is 4.79 Å². The fourth-order valence-corrected chi connectivity index (χ4v) is 3.02. The fourth-order valence-electron chi connectivity index (χ4n) is 3.02. The lowest BCUT2D eigenvalue weighted by molar-refractivity contribution is -0.122. The Kier molecular flexibility index (Phi) is 8.08. The molecule has 1 atom stereocenters. The van der Waals surface area contributed by atoms with Crippen LogP contribution in [0.2, 0.25) is 0 Å². The number of hydrogen-bond donors (Lipinski definition) is 2. The van der Waals surface area contributed by atoms with Crippen molar-refractivity contribution in [3.8, 4) is 11.6 Å². The topological polar surface area (TPSA) is 119 Å². The van der Waals surface area contributed by atoms with Gasteiger partial charge in [-0.15, -0.1) is 0 Å². The van der Waals surface area contributed by atoms with Crippen LogP contribution in [0.15, 0.2) is 41.2 Å². The number of nitrogens with one attached hydrogen (secondary N) is 2. The van der Waals surface area contributed by atoms with Gasteiger partial charge in [0.1, 0.15) is 12.4 Å². The van der Waals surface area contributed by atoms with Gasteiger partial charge in [-0.2, -0.15) is 10.1 Å². The first-order valence-electron chi connectivity index (χ1n) is 10.2. The summed E-state index contributed by atoms with van der Waals surface area (Å²) in [6.45, 7) is 5.35. The van der Waals surface area contributed by atoms with Crippen molar-refractivity contribution in [2.24, 2.45) is 5.92 Å². The minimum absolute atomic E-state index is 0.0632. The second-order valence-corrected chi connectivity index (χ2v) is 7.49. The van der Waals surface area contributed by atoms with Crippen LogP contribution in [0.4, 0.5) is 0 Å². The zero-order valence-corrected chi connectivity index (χ0v) is 17.4. The maximum atomic E-state index is 12.4. The molecule has 0 aliphatic carbocycles. The van der Waals surface area contributed by atoms with Gasteiger partial charge in [0.25, 0.3) is 0 Å². The molecule has 0 bridgehead atoms. The van der Waals surface area contributed by atoms with Crippen LogP contribution in [0.5, 0.6) is 0 Å². The Bertz CT molecular complexity index is 879. The zero-order valence-electron chi connectivity index (χ0n) is 17.4. The van der Waals surface area contributed by atoms with E-state index in [4.69, 9.17) is 9.26 Å². The summed E-state index contributed by atoms with van der Waals surface area (Å²) in [5, 5.41) is 13.4. The summed E-state index contributed by atoms with van der Waals surface area (Å²) in [5.41, 5.74) is 1.25. The van der Waals surface area contributed by atoms with Gasteiger partial charge in [-0.25, -0.2) is 4.98 Å². The second kappa shape index (κ2) is 11.2. The van der Waals surface area contributed by atoms with Crippen LogP contribution in [0.3, 0.4) is 0 Å². The van der Waals surface area contributed by atoms with E-state index in [1.54, 1.807) is 0 Å². The molecule has 0 fully saturated rings. The molecule has 9 heteroatoms. The Morgan fingerprint density at radius 2 is 2.07 bits per heavy atom. The van der Waals surface area contributed by atoms with E-state index in [0.717, 1.165) is 6.42 Å². The third-order valence-electron chi connectivity index (χ3n) is 4.48. The Morgan fingerprint density at radius 1 is 1.23 bits per heavy atom. The molecule has 9 nitrogen and oxygen atoms in total. The Balaban J connectivity index is 1.42. The third kappa shape index (κ3) is 6.77. The Morgan fingerprint density at radius 3 is 2.80 bits per heavy atom. The van der Waals surface area contributed by atoms with Crippen molar-refractivity contribution in [1.29, 1.82) is 0 Å². The van der Waals surface area contributed by atoms with Crippen LogP contribution in [-0.4, -0.2) is 44.4 Å². The first-order valence-corrected chi connectivity index (χ1v) is 10.2. The fraction of sp³-hybridized carbons (Fsp3) is 0.476. The number of amides is 1. The molecule has 2 heterocycles. The average molecular weight is 412 g/mol. The van der Waals surface area contributed by atoms with Crippen molar-refractivity contribution in [3.05, 3.63) is 48.1 Å². The number of nitrogens with zero attached hydrogens (tertiary/aromatic N) is 4. The first kappa shape index (κ1) is 21.6.